The maximum absolute atomic E-state index is 12.4. The van der Waals surface area contributed by atoms with Gasteiger partial charge in [0, 0.05) is 51.1 Å². The molecule has 0 aliphatic carbocycles. The highest BCUT2D eigenvalue weighted by Crippen LogP contribution is 2.35. The van der Waals surface area contributed by atoms with E-state index in [-0.39, 0.29) is 17.2 Å². The third kappa shape index (κ3) is 7.21. The summed E-state index contributed by atoms with van der Waals surface area (Å²) in [5.74, 6) is -0.0675. The molecule has 2 heterocycles. The van der Waals surface area contributed by atoms with Gasteiger partial charge in [-0.05, 0) is 33.3 Å². The topological polar surface area (TPSA) is 86.8 Å². The lowest BCUT2D eigenvalue weighted by atomic mass is 10.1. The highest BCUT2D eigenvalue weighted by atomic mass is 35.5. The average Bonchev–Trinajstić information content (AvgIpc) is 2.78. The molecule has 1 aliphatic heterocycles. The molecule has 0 spiro atoms. The fourth-order valence-electron chi connectivity index (χ4n) is 3.84. The SMILES string of the molecule is CCCCC(=O)Nc1c(Cl)nc2ccccc2c1NCCN1CCN(C(=O)OC(C)(C)C)CC1. The van der Waals surface area contributed by atoms with Gasteiger partial charge in [0.05, 0.1) is 11.2 Å². The number of hydrogen-bond donors (Lipinski definition) is 2. The van der Waals surface area contributed by atoms with Crippen molar-refractivity contribution in [3.63, 3.8) is 0 Å². The maximum Gasteiger partial charge on any atom is 0.410 e. The Kier molecular flexibility index (Phi) is 8.97. The molecule has 3 rings (SSSR count). The molecule has 0 unspecified atom stereocenters. The highest BCUT2D eigenvalue weighted by Gasteiger charge is 2.25. The summed E-state index contributed by atoms with van der Waals surface area (Å²) >= 11 is 6.48. The van der Waals surface area contributed by atoms with Crippen LogP contribution >= 0.6 is 11.6 Å². The predicted molar refractivity (Wildman–Crippen MR) is 138 cm³/mol. The number of pyridine rings is 1. The smallest absolute Gasteiger partial charge is 0.410 e. The molecule has 186 valence electrons. The van der Waals surface area contributed by atoms with Crippen molar-refractivity contribution in [2.24, 2.45) is 0 Å². The Morgan fingerprint density at radius 1 is 1.12 bits per heavy atom. The molecule has 2 N–H and O–H groups in total. The molecular formula is C25H36ClN5O3. The van der Waals surface area contributed by atoms with Gasteiger partial charge < -0.3 is 20.3 Å². The number of hydrogen-bond acceptors (Lipinski definition) is 6. The number of anilines is 2. The second-order valence-electron chi connectivity index (χ2n) is 9.56. The van der Waals surface area contributed by atoms with E-state index in [1.807, 2.05) is 45.0 Å². The van der Waals surface area contributed by atoms with Crippen LogP contribution in [-0.2, 0) is 9.53 Å². The van der Waals surface area contributed by atoms with Crippen molar-refractivity contribution < 1.29 is 14.3 Å². The standard InChI is InChI=1S/C25H36ClN5O3/c1-5-6-11-20(32)29-22-21(18-9-7-8-10-19(18)28-23(22)26)27-12-13-30-14-16-31(17-15-30)24(33)34-25(2,3)4/h7-10H,5-6,11-17H2,1-4H3,(H,27,28)(H,29,32). The van der Waals surface area contributed by atoms with Crippen LogP contribution in [0.5, 0.6) is 0 Å². The van der Waals surface area contributed by atoms with Gasteiger partial charge in [-0.1, -0.05) is 43.1 Å². The lowest BCUT2D eigenvalue weighted by molar-refractivity contribution is -0.116. The van der Waals surface area contributed by atoms with Gasteiger partial charge in [-0.3, -0.25) is 9.69 Å². The third-order valence-electron chi connectivity index (χ3n) is 5.62. The van der Waals surface area contributed by atoms with Crippen LogP contribution in [0.25, 0.3) is 10.9 Å². The Hall–Kier alpha value is -2.58. The Bertz CT molecular complexity index is 1000. The van der Waals surface area contributed by atoms with Crippen LogP contribution in [0.1, 0.15) is 47.0 Å². The number of carbonyl (C=O) groups excluding carboxylic acids is 2. The van der Waals surface area contributed by atoms with Crippen LogP contribution in [-0.4, -0.2) is 71.7 Å². The number of nitrogens with zero attached hydrogens (tertiary/aromatic N) is 3. The second kappa shape index (κ2) is 11.7. The first-order valence-corrected chi connectivity index (χ1v) is 12.4. The van der Waals surface area contributed by atoms with Gasteiger partial charge in [0.25, 0.3) is 0 Å². The van der Waals surface area contributed by atoms with Gasteiger partial charge in [0.1, 0.15) is 11.3 Å². The summed E-state index contributed by atoms with van der Waals surface area (Å²) in [4.78, 5) is 33.2. The number of nitrogens with one attached hydrogen (secondary N) is 2. The minimum Gasteiger partial charge on any atom is -0.444 e. The minimum absolute atomic E-state index is 0.0675. The van der Waals surface area contributed by atoms with Crippen molar-refractivity contribution in [2.45, 2.75) is 52.6 Å². The van der Waals surface area contributed by atoms with Gasteiger partial charge in [-0.25, -0.2) is 9.78 Å². The lowest BCUT2D eigenvalue weighted by Crippen LogP contribution is -2.50. The number of para-hydroxylation sites is 1. The third-order valence-corrected chi connectivity index (χ3v) is 5.90. The number of piperazine rings is 1. The molecule has 1 aromatic carbocycles. The Morgan fingerprint density at radius 3 is 2.50 bits per heavy atom. The van der Waals surface area contributed by atoms with Crippen molar-refractivity contribution >= 4 is 45.9 Å². The number of aromatic nitrogens is 1. The first-order valence-electron chi connectivity index (χ1n) is 12.0. The van der Waals surface area contributed by atoms with Gasteiger partial charge in [0.15, 0.2) is 5.15 Å². The summed E-state index contributed by atoms with van der Waals surface area (Å²) in [5.41, 5.74) is 1.59. The second-order valence-corrected chi connectivity index (χ2v) is 9.92. The maximum atomic E-state index is 12.4. The van der Waals surface area contributed by atoms with E-state index in [1.165, 1.54) is 0 Å². The van der Waals surface area contributed by atoms with E-state index in [9.17, 15) is 9.59 Å². The molecule has 1 saturated heterocycles. The molecule has 0 saturated carbocycles. The lowest BCUT2D eigenvalue weighted by Gasteiger charge is -2.35. The van der Waals surface area contributed by atoms with E-state index < -0.39 is 5.60 Å². The number of unbranched alkanes of at least 4 members (excludes halogenated alkanes) is 1. The zero-order chi connectivity index (χ0) is 24.7. The van der Waals surface area contributed by atoms with E-state index in [4.69, 9.17) is 16.3 Å². The van der Waals surface area contributed by atoms with E-state index in [1.54, 1.807) is 4.90 Å². The average molecular weight is 490 g/mol. The molecule has 2 aromatic rings. The summed E-state index contributed by atoms with van der Waals surface area (Å²) in [7, 11) is 0. The van der Waals surface area contributed by atoms with E-state index in [0.717, 1.165) is 49.1 Å². The summed E-state index contributed by atoms with van der Waals surface area (Å²) in [6, 6.07) is 7.74. The number of carbonyl (C=O) groups is 2. The first kappa shape index (κ1) is 26.0. The number of rotatable bonds is 8. The van der Waals surface area contributed by atoms with Gasteiger partial charge in [-0.2, -0.15) is 0 Å². The fraction of sp³-hybridized carbons (Fsp3) is 0.560. The van der Waals surface area contributed by atoms with Gasteiger partial charge >= 0.3 is 6.09 Å². The van der Waals surface area contributed by atoms with Crippen LogP contribution in [0.4, 0.5) is 16.2 Å². The number of benzene rings is 1. The van der Waals surface area contributed by atoms with Crippen LogP contribution in [0, 0.1) is 0 Å². The highest BCUT2D eigenvalue weighted by molar-refractivity contribution is 6.34. The molecule has 1 aliphatic rings. The first-order chi connectivity index (χ1) is 16.2. The van der Waals surface area contributed by atoms with Crippen LogP contribution in [0.15, 0.2) is 24.3 Å². The van der Waals surface area contributed by atoms with Crippen LogP contribution in [0.2, 0.25) is 5.15 Å². The molecule has 9 heteroatoms. The van der Waals surface area contributed by atoms with Gasteiger partial charge in [0.2, 0.25) is 5.91 Å². The molecule has 0 radical (unpaired) electrons. The zero-order valence-electron chi connectivity index (χ0n) is 20.6. The van der Waals surface area contributed by atoms with E-state index >= 15 is 0 Å². The Morgan fingerprint density at radius 2 is 1.82 bits per heavy atom. The summed E-state index contributed by atoms with van der Waals surface area (Å²) in [5, 5.41) is 7.63. The number of amides is 2. The molecule has 1 aromatic heterocycles. The number of fused-ring (bicyclic) bond motifs is 1. The van der Waals surface area contributed by atoms with Gasteiger partial charge in [-0.15, -0.1) is 0 Å². The van der Waals surface area contributed by atoms with E-state index in [2.05, 4.69) is 27.4 Å². The predicted octanol–water partition coefficient (Wildman–Crippen LogP) is 4.98. The van der Waals surface area contributed by atoms with Crippen molar-refractivity contribution in [1.82, 2.24) is 14.8 Å². The molecular weight excluding hydrogens is 454 g/mol. The molecule has 1 fully saturated rings. The van der Waals surface area contributed by atoms with Crippen molar-refractivity contribution in [1.29, 1.82) is 0 Å². The minimum atomic E-state index is -0.490. The van der Waals surface area contributed by atoms with Crippen molar-refractivity contribution in [3.8, 4) is 0 Å². The van der Waals surface area contributed by atoms with Crippen molar-refractivity contribution in [2.75, 3.05) is 49.9 Å². The number of ether oxygens (including phenoxy) is 1. The molecule has 0 atom stereocenters. The monoisotopic (exact) mass is 489 g/mol. The molecule has 34 heavy (non-hydrogen) atoms. The molecule has 2 amide bonds. The summed E-state index contributed by atoms with van der Waals surface area (Å²) < 4.78 is 5.48. The van der Waals surface area contributed by atoms with Crippen LogP contribution < -0.4 is 10.6 Å². The summed E-state index contributed by atoms with van der Waals surface area (Å²) in [6.07, 6.45) is 1.96. The van der Waals surface area contributed by atoms with Crippen molar-refractivity contribution in [3.05, 3.63) is 29.4 Å². The number of halogens is 1. The fourth-order valence-corrected chi connectivity index (χ4v) is 4.07. The largest absolute Gasteiger partial charge is 0.444 e. The molecule has 0 bridgehead atoms. The normalized spacial score (nSPS) is 14.8. The zero-order valence-corrected chi connectivity index (χ0v) is 21.4. The summed E-state index contributed by atoms with van der Waals surface area (Å²) in [6.45, 7) is 12.0. The van der Waals surface area contributed by atoms with E-state index in [0.29, 0.717) is 31.7 Å². The Balaban J connectivity index is 1.63. The quantitative estimate of drug-likeness (QED) is 0.508. The Labute approximate surface area is 207 Å². The van der Waals surface area contributed by atoms with Crippen LogP contribution in [0.3, 0.4) is 0 Å². The molecule has 8 nitrogen and oxygen atoms in total.